The molecule has 4 heteroatoms. The largest absolute Gasteiger partial charge is 0.497 e. The smallest absolute Gasteiger partial charge is 0.150 e. The maximum atomic E-state index is 11.6. The van der Waals surface area contributed by atoms with Crippen molar-refractivity contribution in [3.05, 3.63) is 53.6 Å². The fourth-order valence-corrected chi connectivity index (χ4v) is 2.51. The molecular weight excluding hydrogens is 328 g/mol. The van der Waals surface area contributed by atoms with E-state index in [9.17, 15) is 4.79 Å². The number of allylic oxidation sites excluding steroid dienone is 1. The Morgan fingerprint density at radius 3 is 1.81 bits per heavy atom. The van der Waals surface area contributed by atoms with Gasteiger partial charge in [-0.05, 0) is 69.2 Å². The van der Waals surface area contributed by atoms with Gasteiger partial charge in [0.05, 0.1) is 19.3 Å². The lowest BCUT2D eigenvalue weighted by atomic mass is 10.0. The molecule has 138 valence electrons. The Balaban J connectivity index is 2.41. The predicted molar refractivity (Wildman–Crippen MR) is 105 cm³/mol. The van der Waals surface area contributed by atoms with Crippen LogP contribution in [0.25, 0.3) is 11.6 Å². The molecule has 0 aliphatic heterocycles. The number of methoxy groups -OCH3 is 1. The van der Waals surface area contributed by atoms with Crippen molar-refractivity contribution >= 4 is 17.9 Å². The highest BCUT2D eigenvalue weighted by Gasteiger charge is 2.08. The van der Waals surface area contributed by atoms with Gasteiger partial charge < -0.3 is 14.2 Å². The summed E-state index contributed by atoms with van der Waals surface area (Å²) in [6, 6.07) is 13.1. The van der Waals surface area contributed by atoms with E-state index >= 15 is 0 Å². The summed E-state index contributed by atoms with van der Waals surface area (Å²) in [6.07, 6.45) is 2.78. The fraction of sp³-hybridized carbons (Fsp3) is 0.318. The molecule has 0 aromatic heterocycles. The molecule has 0 radical (unpaired) electrons. The Morgan fingerprint density at radius 1 is 0.846 bits per heavy atom. The molecule has 0 spiro atoms. The number of carbonyl (C=O) groups is 1. The third-order valence-electron chi connectivity index (χ3n) is 3.52. The number of aldehydes is 1. The van der Waals surface area contributed by atoms with Crippen LogP contribution in [0.3, 0.4) is 0 Å². The fourth-order valence-electron chi connectivity index (χ4n) is 2.51. The normalized spacial score (nSPS) is 11.6. The second-order valence-corrected chi connectivity index (χ2v) is 6.52. The topological polar surface area (TPSA) is 44.8 Å². The summed E-state index contributed by atoms with van der Waals surface area (Å²) in [5.41, 5.74) is 2.24. The van der Waals surface area contributed by atoms with Crippen LogP contribution in [0.2, 0.25) is 0 Å². The number of ether oxygens (including phenoxy) is 3. The van der Waals surface area contributed by atoms with Gasteiger partial charge in [0, 0.05) is 11.6 Å². The van der Waals surface area contributed by atoms with Gasteiger partial charge in [0.2, 0.25) is 0 Å². The van der Waals surface area contributed by atoms with Crippen LogP contribution in [0.5, 0.6) is 17.2 Å². The molecule has 4 nitrogen and oxygen atoms in total. The first-order valence-electron chi connectivity index (χ1n) is 8.71. The zero-order valence-electron chi connectivity index (χ0n) is 16.0. The van der Waals surface area contributed by atoms with Gasteiger partial charge in [0.15, 0.2) is 6.29 Å². The Bertz CT molecular complexity index is 730. The van der Waals surface area contributed by atoms with E-state index in [0.717, 1.165) is 23.2 Å². The number of hydrogen-bond donors (Lipinski definition) is 0. The van der Waals surface area contributed by atoms with Gasteiger partial charge in [-0.3, -0.25) is 4.79 Å². The first kappa shape index (κ1) is 19.6. The van der Waals surface area contributed by atoms with Crippen molar-refractivity contribution in [2.24, 2.45) is 0 Å². The van der Waals surface area contributed by atoms with Crippen LogP contribution in [0.4, 0.5) is 0 Å². The van der Waals surface area contributed by atoms with Crippen molar-refractivity contribution in [2.75, 3.05) is 7.11 Å². The molecule has 0 amide bonds. The zero-order valence-corrected chi connectivity index (χ0v) is 16.0. The molecule has 0 bridgehead atoms. The van der Waals surface area contributed by atoms with Crippen molar-refractivity contribution < 1.29 is 19.0 Å². The first-order valence-corrected chi connectivity index (χ1v) is 8.71. The highest BCUT2D eigenvalue weighted by atomic mass is 16.5. The number of carbonyl (C=O) groups excluding carboxylic acids is 1. The highest BCUT2D eigenvalue weighted by molar-refractivity contribution is 6.13. The standard InChI is InChI=1S/C22H26O4/c1-15(2)25-21-11-17(12-22(13-21)26-16(3)4)10-19(14-23)18-6-8-20(24-5)9-7-18/h6-16H,1-5H3/b19-10+. The molecule has 2 rings (SSSR count). The van der Waals surface area contributed by atoms with E-state index < -0.39 is 0 Å². The summed E-state index contributed by atoms with van der Waals surface area (Å²) in [4.78, 5) is 11.6. The molecule has 0 saturated carbocycles. The second-order valence-electron chi connectivity index (χ2n) is 6.52. The van der Waals surface area contributed by atoms with Crippen molar-refractivity contribution in [1.29, 1.82) is 0 Å². The van der Waals surface area contributed by atoms with E-state index in [1.54, 1.807) is 7.11 Å². The van der Waals surface area contributed by atoms with Crippen molar-refractivity contribution in [3.8, 4) is 17.2 Å². The first-order chi connectivity index (χ1) is 12.4. The molecular formula is C22H26O4. The van der Waals surface area contributed by atoms with Crippen LogP contribution in [-0.4, -0.2) is 25.6 Å². The van der Waals surface area contributed by atoms with Gasteiger partial charge in [-0.1, -0.05) is 12.1 Å². The third-order valence-corrected chi connectivity index (χ3v) is 3.52. The van der Waals surface area contributed by atoms with E-state index in [4.69, 9.17) is 14.2 Å². The number of hydrogen-bond acceptors (Lipinski definition) is 4. The molecule has 0 N–H and O–H groups in total. The second kappa shape index (κ2) is 9.09. The van der Waals surface area contributed by atoms with E-state index in [0.29, 0.717) is 17.1 Å². The van der Waals surface area contributed by atoms with E-state index in [2.05, 4.69) is 0 Å². The molecule has 0 fully saturated rings. The zero-order chi connectivity index (χ0) is 19.1. The summed E-state index contributed by atoms with van der Waals surface area (Å²) in [6.45, 7) is 7.89. The Hall–Kier alpha value is -2.75. The minimum Gasteiger partial charge on any atom is -0.497 e. The molecule has 0 aliphatic rings. The van der Waals surface area contributed by atoms with Crippen molar-refractivity contribution in [2.45, 2.75) is 39.9 Å². The van der Waals surface area contributed by atoms with E-state index in [1.165, 1.54) is 0 Å². The summed E-state index contributed by atoms with van der Waals surface area (Å²) >= 11 is 0. The molecule has 0 unspecified atom stereocenters. The van der Waals surface area contributed by atoms with Gasteiger partial charge in [-0.25, -0.2) is 0 Å². The predicted octanol–water partition coefficient (Wildman–Crippen LogP) is 5.01. The molecule has 0 heterocycles. The molecule has 2 aromatic rings. The average Bonchev–Trinajstić information content (AvgIpc) is 2.58. The van der Waals surface area contributed by atoms with Gasteiger partial charge >= 0.3 is 0 Å². The Kier molecular flexibility index (Phi) is 6.84. The van der Waals surface area contributed by atoms with Crippen molar-refractivity contribution in [1.82, 2.24) is 0 Å². The van der Waals surface area contributed by atoms with Crippen molar-refractivity contribution in [3.63, 3.8) is 0 Å². The monoisotopic (exact) mass is 354 g/mol. The Labute approximate surface area is 155 Å². The van der Waals surface area contributed by atoms with Crippen LogP contribution >= 0.6 is 0 Å². The van der Waals surface area contributed by atoms with Gasteiger partial charge in [0.1, 0.15) is 17.2 Å². The van der Waals surface area contributed by atoms with E-state index in [-0.39, 0.29) is 12.2 Å². The minimum atomic E-state index is 0.0493. The van der Waals surface area contributed by atoms with Gasteiger partial charge in [-0.2, -0.15) is 0 Å². The minimum absolute atomic E-state index is 0.0493. The van der Waals surface area contributed by atoms with Crippen LogP contribution in [0.15, 0.2) is 42.5 Å². The maximum absolute atomic E-state index is 11.6. The quantitative estimate of drug-likeness (QED) is 0.380. The number of benzene rings is 2. The summed E-state index contributed by atoms with van der Waals surface area (Å²) in [7, 11) is 1.61. The lowest BCUT2D eigenvalue weighted by molar-refractivity contribution is -0.103. The molecule has 26 heavy (non-hydrogen) atoms. The lowest BCUT2D eigenvalue weighted by Crippen LogP contribution is -2.08. The molecule has 0 aliphatic carbocycles. The van der Waals surface area contributed by atoms with E-state index in [1.807, 2.05) is 76.2 Å². The van der Waals surface area contributed by atoms with Gasteiger partial charge in [0.25, 0.3) is 0 Å². The molecule has 0 saturated heterocycles. The lowest BCUT2D eigenvalue weighted by Gasteiger charge is -2.15. The van der Waals surface area contributed by atoms with Gasteiger partial charge in [-0.15, -0.1) is 0 Å². The van der Waals surface area contributed by atoms with Crippen LogP contribution in [0.1, 0.15) is 38.8 Å². The third kappa shape index (κ3) is 5.66. The van der Waals surface area contributed by atoms with Crippen LogP contribution < -0.4 is 14.2 Å². The summed E-state index contributed by atoms with van der Waals surface area (Å²) in [5, 5.41) is 0. The Morgan fingerprint density at radius 2 is 1.38 bits per heavy atom. The SMILES string of the molecule is COc1ccc(/C(C=O)=C/c2cc(OC(C)C)cc(OC(C)C)c2)cc1. The average molecular weight is 354 g/mol. The number of rotatable bonds is 8. The summed E-state index contributed by atoms with van der Waals surface area (Å²) in [5.74, 6) is 2.17. The highest BCUT2D eigenvalue weighted by Crippen LogP contribution is 2.28. The summed E-state index contributed by atoms with van der Waals surface area (Å²) < 4.78 is 16.8. The van der Waals surface area contributed by atoms with Crippen LogP contribution in [0, 0.1) is 0 Å². The maximum Gasteiger partial charge on any atom is 0.150 e. The molecule has 0 atom stereocenters. The van der Waals surface area contributed by atoms with Crippen LogP contribution in [-0.2, 0) is 4.79 Å². The molecule has 2 aromatic carbocycles.